The molecule has 0 radical (unpaired) electrons. The van der Waals surface area contributed by atoms with Crippen molar-refractivity contribution in [1.29, 1.82) is 0 Å². The van der Waals surface area contributed by atoms with Gasteiger partial charge in [0.2, 0.25) is 0 Å². The van der Waals surface area contributed by atoms with Gasteiger partial charge in [-0.3, -0.25) is 13.7 Å². The van der Waals surface area contributed by atoms with Crippen LogP contribution in [-0.4, -0.2) is 49.2 Å². The van der Waals surface area contributed by atoms with E-state index >= 15 is 0 Å². The molecule has 1 saturated heterocycles. The number of carbonyl (C=O) groups excluding carboxylic acids is 1. The second-order valence-electron chi connectivity index (χ2n) is 4.25. The summed E-state index contributed by atoms with van der Waals surface area (Å²) in [6, 6.07) is 0.0925. The first kappa shape index (κ1) is 13.2. The summed E-state index contributed by atoms with van der Waals surface area (Å²) >= 11 is 0. The number of nitrogens with two attached hydrogens (primary N) is 1. The Kier molecular flexibility index (Phi) is 4.43. The van der Waals surface area contributed by atoms with Gasteiger partial charge in [-0.1, -0.05) is 5.21 Å². The minimum atomic E-state index is -0.716. The maximum atomic E-state index is 11.9. The van der Waals surface area contributed by atoms with E-state index in [1.165, 1.54) is 0 Å². The van der Waals surface area contributed by atoms with E-state index in [-0.39, 0.29) is 11.9 Å². The molecule has 1 aromatic heterocycles. The van der Waals surface area contributed by atoms with Crippen molar-refractivity contribution < 1.29 is 9.00 Å². The first-order valence-electron chi connectivity index (χ1n) is 5.95. The van der Waals surface area contributed by atoms with Crippen molar-refractivity contribution in [3.8, 4) is 0 Å². The highest BCUT2D eigenvalue weighted by atomic mass is 32.2. The zero-order valence-corrected chi connectivity index (χ0v) is 10.9. The van der Waals surface area contributed by atoms with Crippen LogP contribution >= 0.6 is 0 Å². The largest absolute Gasteiger partial charge is 0.348 e. The molecular formula is C10H17N5O2S. The number of nitrogens with one attached hydrogen (secondary N) is 1. The van der Waals surface area contributed by atoms with E-state index in [1.54, 1.807) is 10.9 Å². The molecule has 1 amide bonds. The van der Waals surface area contributed by atoms with Crippen LogP contribution in [0.1, 0.15) is 23.3 Å². The van der Waals surface area contributed by atoms with Gasteiger partial charge >= 0.3 is 0 Å². The van der Waals surface area contributed by atoms with Crippen molar-refractivity contribution in [1.82, 2.24) is 20.3 Å². The lowest BCUT2D eigenvalue weighted by Crippen LogP contribution is -2.39. The fourth-order valence-corrected chi connectivity index (χ4v) is 3.14. The van der Waals surface area contributed by atoms with Gasteiger partial charge in [-0.25, -0.2) is 0 Å². The van der Waals surface area contributed by atoms with Crippen molar-refractivity contribution in [3.05, 3.63) is 11.9 Å². The molecule has 1 aliphatic heterocycles. The van der Waals surface area contributed by atoms with Crippen LogP contribution in [-0.2, 0) is 17.3 Å². The Morgan fingerprint density at radius 1 is 1.56 bits per heavy atom. The van der Waals surface area contributed by atoms with Crippen LogP contribution in [0.25, 0.3) is 0 Å². The third-order valence-electron chi connectivity index (χ3n) is 2.85. The lowest BCUT2D eigenvalue weighted by Gasteiger charge is -2.21. The number of carbonyl (C=O) groups is 1. The molecule has 7 nitrogen and oxygen atoms in total. The van der Waals surface area contributed by atoms with Crippen molar-refractivity contribution in [2.24, 2.45) is 5.73 Å². The smallest absolute Gasteiger partial charge is 0.273 e. The van der Waals surface area contributed by atoms with Crippen LogP contribution in [0, 0.1) is 0 Å². The predicted molar refractivity (Wildman–Crippen MR) is 67.4 cm³/mol. The van der Waals surface area contributed by atoms with Gasteiger partial charge in [-0.05, 0) is 12.8 Å². The molecule has 0 aromatic carbocycles. The Morgan fingerprint density at radius 2 is 2.28 bits per heavy atom. The van der Waals surface area contributed by atoms with Gasteiger partial charge in [0.1, 0.15) is 0 Å². The van der Waals surface area contributed by atoms with E-state index in [1.807, 2.05) is 0 Å². The zero-order valence-electron chi connectivity index (χ0n) is 10.0. The zero-order chi connectivity index (χ0) is 13.0. The molecule has 3 N–H and O–H groups in total. The first-order valence-corrected chi connectivity index (χ1v) is 7.44. The lowest BCUT2D eigenvalue weighted by atomic mass is 10.1. The molecule has 0 bridgehead atoms. The first-order chi connectivity index (χ1) is 8.69. The van der Waals surface area contributed by atoms with Crippen molar-refractivity contribution in [2.45, 2.75) is 25.4 Å². The average molecular weight is 271 g/mol. The second kappa shape index (κ2) is 6.05. The summed E-state index contributed by atoms with van der Waals surface area (Å²) in [7, 11) is -0.716. The van der Waals surface area contributed by atoms with Crippen LogP contribution in [0.2, 0.25) is 0 Å². The Morgan fingerprint density at radius 3 is 2.94 bits per heavy atom. The van der Waals surface area contributed by atoms with Gasteiger partial charge in [-0.15, -0.1) is 5.10 Å². The monoisotopic (exact) mass is 271 g/mol. The Hall–Kier alpha value is -1.28. The number of amides is 1. The van der Waals surface area contributed by atoms with E-state index in [0.29, 0.717) is 30.3 Å². The number of rotatable bonds is 4. The SMILES string of the molecule is NCCn1cc(C(=O)NC2CCS(=O)CC2)nn1. The Balaban J connectivity index is 1.88. The van der Waals surface area contributed by atoms with Gasteiger partial charge in [0.05, 0.1) is 12.7 Å². The maximum Gasteiger partial charge on any atom is 0.273 e. The van der Waals surface area contributed by atoms with Crippen molar-refractivity contribution >= 4 is 16.7 Å². The number of nitrogens with zero attached hydrogens (tertiary/aromatic N) is 3. The van der Waals surface area contributed by atoms with Crippen LogP contribution in [0.3, 0.4) is 0 Å². The molecule has 100 valence electrons. The number of hydrogen-bond donors (Lipinski definition) is 2. The molecule has 0 aliphatic carbocycles. The van der Waals surface area contributed by atoms with Gasteiger partial charge in [0, 0.05) is 34.9 Å². The van der Waals surface area contributed by atoms with E-state index in [2.05, 4.69) is 15.6 Å². The summed E-state index contributed by atoms with van der Waals surface area (Å²) in [5.41, 5.74) is 5.69. The van der Waals surface area contributed by atoms with E-state index in [0.717, 1.165) is 12.8 Å². The number of hydrogen-bond acceptors (Lipinski definition) is 5. The fraction of sp³-hybridized carbons (Fsp3) is 0.700. The molecule has 0 atom stereocenters. The minimum absolute atomic E-state index is 0.0925. The second-order valence-corrected chi connectivity index (χ2v) is 5.95. The van der Waals surface area contributed by atoms with Gasteiger partial charge in [0.15, 0.2) is 5.69 Å². The lowest BCUT2D eigenvalue weighted by molar-refractivity contribution is 0.0929. The Labute approximate surface area is 108 Å². The summed E-state index contributed by atoms with van der Waals surface area (Å²) in [5.74, 6) is 1.09. The summed E-state index contributed by atoms with van der Waals surface area (Å²) in [4.78, 5) is 11.9. The summed E-state index contributed by atoms with van der Waals surface area (Å²) < 4.78 is 12.7. The summed E-state index contributed by atoms with van der Waals surface area (Å²) in [6.07, 6.45) is 3.10. The normalized spacial score (nSPS) is 23.8. The van der Waals surface area contributed by atoms with E-state index in [9.17, 15) is 9.00 Å². The predicted octanol–water partition coefficient (Wildman–Crippen LogP) is -1.12. The summed E-state index contributed by atoms with van der Waals surface area (Å²) in [5, 5.41) is 10.5. The topological polar surface area (TPSA) is 103 Å². The minimum Gasteiger partial charge on any atom is -0.348 e. The molecule has 18 heavy (non-hydrogen) atoms. The molecule has 2 rings (SSSR count). The van der Waals surface area contributed by atoms with Crippen molar-refractivity contribution in [3.63, 3.8) is 0 Å². The van der Waals surface area contributed by atoms with E-state index < -0.39 is 10.8 Å². The summed E-state index contributed by atoms with van der Waals surface area (Å²) in [6.45, 7) is 1.00. The van der Waals surface area contributed by atoms with Crippen LogP contribution in [0.15, 0.2) is 6.20 Å². The van der Waals surface area contributed by atoms with Gasteiger partial charge in [0.25, 0.3) is 5.91 Å². The van der Waals surface area contributed by atoms with Crippen LogP contribution < -0.4 is 11.1 Å². The highest BCUT2D eigenvalue weighted by Crippen LogP contribution is 2.09. The fourth-order valence-electron chi connectivity index (χ4n) is 1.84. The third-order valence-corrected chi connectivity index (χ3v) is 4.23. The molecule has 1 fully saturated rings. The molecule has 0 spiro atoms. The van der Waals surface area contributed by atoms with Gasteiger partial charge < -0.3 is 11.1 Å². The number of aromatic nitrogens is 3. The standard InChI is InChI=1S/C10H17N5O2S/c11-3-4-15-7-9(13-14-15)10(16)12-8-1-5-18(17)6-2-8/h7-8H,1-6,11H2,(H,12,16). The van der Waals surface area contributed by atoms with Crippen LogP contribution in [0.4, 0.5) is 0 Å². The maximum absolute atomic E-state index is 11.9. The van der Waals surface area contributed by atoms with Crippen LogP contribution in [0.5, 0.6) is 0 Å². The van der Waals surface area contributed by atoms with Crippen molar-refractivity contribution in [2.75, 3.05) is 18.1 Å². The quantitative estimate of drug-likeness (QED) is 0.722. The molecule has 1 aromatic rings. The average Bonchev–Trinajstić information content (AvgIpc) is 2.81. The molecular weight excluding hydrogens is 254 g/mol. The van der Waals surface area contributed by atoms with Gasteiger partial charge in [-0.2, -0.15) is 0 Å². The molecule has 0 unspecified atom stereocenters. The highest BCUT2D eigenvalue weighted by Gasteiger charge is 2.21. The van der Waals surface area contributed by atoms with E-state index in [4.69, 9.17) is 5.73 Å². The molecule has 1 aliphatic rings. The third kappa shape index (κ3) is 3.36. The molecule has 8 heteroatoms. The Bertz CT molecular complexity index is 437. The molecule has 2 heterocycles. The highest BCUT2D eigenvalue weighted by molar-refractivity contribution is 7.85. The molecule has 0 saturated carbocycles.